The van der Waals surface area contributed by atoms with Gasteiger partial charge in [0, 0.05) is 24.7 Å². The molecule has 2 spiro atoms. The Labute approximate surface area is 259 Å². The molecule has 16 atom stereocenters. The third kappa shape index (κ3) is 3.62. The zero-order chi connectivity index (χ0) is 32.0. The number of rotatable bonds is 3. The van der Waals surface area contributed by atoms with E-state index in [1.54, 1.807) is 0 Å². The minimum absolute atomic E-state index is 0.000193. The lowest BCUT2D eigenvalue weighted by molar-refractivity contribution is -0.303. The van der Waals surface area contributed by atoms with Crippen LogP contribution in [0.4, 0.5) is 0 Å². The Kier molecular flexibility index (Phi) is 6.78. The molecule has 1 aliphatic heterocycles. The number of Topliss-reactive ketones (excluding diaryl/α,β-unsaturated/α-hetero) is 1. The number of ketones is 1. The Morgan fingerprint density at radius 3 is 2.30 bits per heavy atom. The van der Waals surface area contributed by atoms with Gasteiger partial charge in [0.05, 0.1) is 12.7 Å². The number of carbonyl (C=O) groups excluding carboxylic acids is 2. The first-order chi connectivity index (χ1) is 20.4. The molecule has 10 heteroatoms. The zero-order valence-corrected chi connectivity index (χ0v) is 27.0. The summed E-state index contributed by atoms with van der Waals surface area (Å²) in [5, 5.41) is 54.3. The number of fused-ring (bicyclic) bond motifs is 4. The average molecular weight is 621 g/mol. The number of esters is 1. The van der Waals surface area contributed by atoms with Crippen LogP contribution in [0, 0.1) is 50.7 Å². The SMILES string of the molecule is CC(=O)O[C@@H]1C[C@@]23C[C@@]24CC[C@H](O[C@@H]2OC[C@H](O)[C@H](O)[C@H]2O)C(C)(C)[C@@H]4CC[C@@H]3[C@]2(C)C[C@]3(O)[C@@H](O)C(=O)C[C@@H](C)[C@@H]3[C@@]12C. The zero-order valence-electron chi connectivity index (χ0n) is 27.0. The molecule has 10 nitrogen and oxygen atoms in total. The molecule has 5 N–H and O–H groups in total. The van der Waals surface area contributed by atoms with Crippen molar-refractivity contribution < 1.29 is 49.3 Å². The van der Waals surface area contributed by atoms with Crippen LogP contribution in [0.15, 0.2) is 0 Å². The van der Waals surface area contributed by atoms with Crippen LogP contribution >= 0.6 is 0 Å². The molecule has 0 unspecified atom stereocenters. The molecule has 1 saturated heterocycles. The fourth-order valence-electron chi connectivity index (χ4n) is 13.5. The molecule has 6 aliphatic carbocycles. The summed E-state index contributed by atoms with van der Waals surface area (Å²) in [7, 11) is 0. The lowest BCUT2D eigenvalue weighted by Gasteiger charge is -2.65. The van der Waals surface area contributed by atoms with Crippen LogP contribution in [0.5, 0.6) is 0 Å². The van der Waals surface area contributed by atoms with Gasteiger partial charge >= 0.3 is 5.97 Å². The van der Waals surface area contributed by atoms with Gasteiger partial charge in [-0.15, -0.1) is 0 Å². The molecule has 6 saturated carbocycles. The van der Waals surface area contributed by atoms with Crippen LogP contribution in [0.25, 0.3) is 0 Å². The number of aliphatic hydroxyl groups is 5. The highest BCUT2D eigenvalue weighted by Crippen LogP contribution is 2.90. The van der Waals surface area contributed by atoms with Gasteiger partial charge in [-0.25, -0.2) is 0 Å². The summed E-state index contributed by atoms with van der Waals surface area (Å²) < 4.78 is 18.3. The largest absolute Gasteiger partial charge is 0.462 e. The Balaban J connectivity index is 1.23. The second-order valence-corrected chi connectivity index (χ2v) is 17.1. The summed E-state index contributed by atoms with van der Waals surface area (Å²) in [5.74, 6) is -0.643. The van der Waals surface area contributed by atoms with E-state index in [0.29, 0.717) is 18.8 Å². The molecule has 0 bridgehead atoms. The minimum atomic E-state index is -1.56. The first kappa shape index (κ1) is 31.5. The highest BCUT2D eigenvalue weighted by atomic mass is 16.7. The van der Waals surface area contributed by atoms with Crippen molar-refractivity contribution in [2.45, 2.75) is 141 Å². The summed E-state index contributed by atoms with van der Waals surface area (Å²) in [6, 6.07) is 0. The average Bonchev–Trinajstić information content (AvgIpc) is 3.53. The normalized spacial score (nSPS) is 59.0. The van der Waals surface area contributed by atoms with Crippen LogP contribution in [-0.4, -0.2) is 92.4 Å². The minimum Gasteiger partial charge on any atom is -0.462 e. The van der Waals surface area contributed by atoms with Crippen LogP contribution in [0.2, 0.25) is 0 Å². The molecule has 44 heavy (non-hydrogen) atoms. The Hall–Kier alpha value is -1.14. The summed E-state index contributed by atoms with van der Waals surface area (Å²) in [6.07, 6.45) is -1.19. The molecule has 0 aromatic heterocycles. The standard InChI is InChI=1S/C34H52O10/c1-16-11-18(36)27(40)34(41)14-30(5)21-8-7-20-29(3,4)22(44-28-25(39)24(38)19(37)13-42-28)9-10-32(20)15-33(21,32)12-23(43-17(2)35)31(30,6)26(16)34/h16,19-28,37-41H,7-15H2,1-6H3/t16-,19+,20+,21-,22+,23-,24+,25-,26-,27+,28+,30+,31-,32-,33+,34-/m1/s1. The predicted octanol–water partition coefficient (Wildman–Crippen LogP) is 2.10. The van der Waals surface area contributed by atoms with Crippen molar-refractivity contribution in [3.8, 4) is 0 Å². The van der Waals surface area contributed by atoms with E-state index in [1.807, 2.05) is 6.92 Å². The van der Waals surface area contributed by atoms with Gasteiger partial charge in [0.25, 0.3) is 0 Å². The van der Waals surface area contributed by atoms with Crippen molar-refractivity contribution in [2.24, 2.45) is 50.7 Å². The molecule has 0 radical (unpaired) electrons. The second kappa shape index (κ2) is 9.48. The van der Waals surface area contributed by atoms with Crippen molar-refractivity contribution in [3.05, 3.63) is 0 Å². The third-order valence-corrected chi connectivity index (χ3v) is 15.1. The molecular weight excluding hydrogens is 568 g/mol. The van der Waals surface area contributed by atoms with Gasteiger partial charge in [-0.1, -0.05) is 34.6 Å². The van der Waals surface area contributed by atoms with Gasteiger partial charge in [0.15, 0.2) is 12.1 Å². The second-order valence-electron chi connectivity index (χ2n) is 17.1. The summed E-state index contributed by atoms with van der Waals surface area (Å²) >= 11 is 0. The maximum atomic E-state index is 12.9. The Bertz CT molecular complexity index is 1240. The van der Waals surface area contributed by atoms with Gasteiger partial charge < -0.3 is 39.7 Å². The molecule has 248 valence electrons. The first-order valence-electron chi connectivity index (χ1n) is 16.8. The van der Waals surface area contributed by atoms with Crippen molar-refractivity contribution >= 4 is 11.8 Å². The van der Waals surface area contributed by atoms with Crippen molar-refractivity contribution in [3.63, 3.8) is 0 Å². The maximum Gasteiger partial charge on any atom is 0.302 e. The highest BCUT2D eigenvalue weighted by molar-refractivity contribution is 5.85. The predicted molar refractivity (Wildman–Crippen MR) is 156 cm³/mol. The summed E-state index contributed by atoms with van der Waals surface area (Å²) in [4.78, 5) is 25.6. The van der Waals surface area contributed by atoms with Gasteiger partial charge in [-0.05, 0) is 84.4 Å². The first-order valence-corrected chi connectivity index (χ1v) is 16.8. The van der Waals surface area contributed by atoms with Crippen LogP contribution in [0.3, 0.4) is 0 Å². The number of ether oxygens (including phenoxy) is 3. The molecular formula is C34H52O10. The van der Waals surface area contributed by atoms with E-state index in [0.717, 1.165) is 32.1 Å². The van der Waals surface area contributed by atoms with Crippen LogP contribution in [0.1, 0.15) is 92.9 Å². The van der Waals surface area contributed by atoms with E-state index in [1.165, 1.54) is 6.92 Å². The van der Waals surface area contributed by atoms with Gasteiger partial charge in [-0.2, -0.15) is 0 Å². The van der Waals surface area contributed by atoms with Crippen molar-refractivity contribution in [2.75, 3.05) is 6.61 Å². The van der Waals surface area contributed by atoms with E-state index in [-0.39, 0.29) is 64.9 Å². The van der Waals surface area contributed by atoms with Gasteiger partial charge in [0.2, 0.25) is 0 Å². The van der Waals surface area contributed by atoms with Crippen molar-refractivity contribution in [1.82, 2.24) is 0 Å². The monoisotopic (exact) mass is 620 g/mol. The maximum absolute atomic E-state index is 12.9. The lowest BCUT2D eigenvalue weighted by atomic mass is 9.41. The fraction of sp³-hybridized carbons (Fsp3) is 0.941. The van der Waals surface area contributed by atoms with E-state index < -0.39 is 53.2 Å². The molecule has 7 fully saturated rings. The summed E-state index contributed by atoms with van der Waals surface area (Å²) in [6.45, 7) is 12.2. The third-order valence-electron chi connectivity index (χ3n) is 15.1. The van der Waals surface area contributed by atoms with Crippen molar-refractivity contribution in [1.29, 1.82) is 0 Å². The van der Waals surface area contributed by atoms with E-state index in [4.69, 9.17) is 14.2 Å². The number of aliphatic hydroxyl groups excluding tert-OH is 4. The van der Waals surface area contributed by atoms with E-state index in [2.05, 4.69) is 27.7 Å². The van der Waals surface area contributed by atoms with Gasteiger partial charge in [-0.3, -0.25) is 9.59 Å². The number of hydrogen-bond donors (Lipinski definition) is 5. The number of carbonyl (C=O) groups is 2. The quantitative estimate of drug-likeness (QED) is 0.233. The van der Waals surface area contributed by atoms with Crippen LogP contribution < -0.4 is 0 Å². The fourth-order valence-corrected chi connectivity index (χ4v) is 13.5. The van der Waals surface area contributed by atoms with E-state index in [9.17, 15) is 35.1 Å². The summed E-state index contributed by atoms with van der Waals surface area (Å²) in [5.41, 5.74) is -3.03. The van der Waals surface area contributed by atoms with Gasteiger partial charge in [0.1, 0.15) is 36.1 Å². The topological polar surface area (TPSA) is 163 Å². The molecule has 0 amide bonds. The highest BCUT2D eigenvalue weighted by Gasteiger charge is 2.87. The molecule has 7 aliphatic rings. The van der Waals surface area contributed by atoms with Crippen LogP contribution in [-0.2, 0) is 23.8 Å². The smallest absolute Gasteiger partial charge is 0.302 e. The number of hydrogen-bond acceptors (Lipinski definition) is 10. The Morgan fingerprint density at radius 2 is 1.61 bits per heavy atom. The lowest BCUT2D eigenvalue weighted by Crippen LogP contribution is -2.65. The molecule has 7 rings (SSSR count). The molecule has 0 aromatic rings. The van der Waals surface area contributed by atoms with E-state index >= 15 is 0 Å². The molecule has 1 heterocycles. The Morgan fingerprint density at radius 1 is 0.932 bits per heavy atom. The molecule has 0 aromatic carbocycles.